The topological polar surface area (TPSA) is 81.1 Å². The molecule has 0 spiro atoms. The third-order valence-corrected chi connectivity index (χ3v) is 7.35. The van der Waals surface area contributed by atoms with Crippen molar-refractivity contribution in [3.8, 4) is 5.75 Å². The van der Waals surface area contributed by atoms with Crippen LogP contribution < -0.4 is 15.0 Å². The van der Waals surface area contributed by atoms with Crippen molar-refractivity contribution < 1.29 is 19.0 Å². The number of anilines is 1. The van der Waals surface area contributed by atoms with Gasteiger partial charge in [0.25, 0.3) is 0 Å². The van der Waals surface area contributed by atoms with Crippen LogP contribution in [0.5, 0.6) is 5.75 Å². The van der Waals surface area contributed by atoms with Gasteiger partial charge in [0.1, 0.15) is 18.5 Å². The van der Waals surface area contributed by atoms with Crippen molar-refractivity contribution in [2.24, 2.45) is 0 Å². The minimum Gasteiger partial charge on any atom is -0.491 e. The van der Waals surface area contributed by atoms with Gasteiger partial charge >= 0.3 is 0 Å². The number of carbonyl (C=O) groups is 1. The Morgan fingerprint density at radius 1 is 1.10 bits per heavy atom. The molecule has 2 saturated heterocycles. The molecule has 3 aromatic rings. The molecule has 3 heterocycles. The van der Waals surface area contributed by atoms with Crippen LogP contribution in [0.2, 0.25) is 10.0 Å². The predicted molar refractivity (Wildman–Crippen MR) is 168 cm³/mol. The van der Waals surface area contributed by atoms with Gasteiger partial charge < -0.3 is 29.0 Å². The molecule has 5 rings (SSSR count). The number of likely N-dealkylation sites (N-methyl/N-ethyl adjacent to an activating group) is 1. The van der Waals surface area contributed by atoms with E-state index in [0.29, 0.717) is 41.9 Å². The van der Waals surface area contributed by atoms with Crippen molar-refractivity contribution in [1.82, 2.24) is 19.8 Å². The zero-order valence-corrected chi connectivity index (χ0v) is 26.4. The van der Waals surface area contributed by atoms with Crippen molar-refractivity contribution >= 4 is 72.0 Å². The van der Waals surface area contributed by atoms with E-state index in [4.69, 9.17) is 37.4 Å². The molecule has 0 aliphatic carbocycles. The van der Waals surface area contributed by atoms with Crippen LogP contribution in [0.4, 0.5) is 5.69 Å². The van der Waals surface area contributed by atoms with Gasteiger partial charge in [0.05, 0.1) is 31.0 Å². The zero-order valence-electron chi connectivity index (χ0n) is 22.4. The summed E-state index contributed by atoms with van der Waals surface area (Å²) in [4.78, 5) is 20.2. The highest BCUT2D eigenvalue weighted by Gasteiger charge is 2.45. The molecule has 9 nitrogen and oxygen atoms in total. The molecule has 226 valence electrons. The lowest BCUT2D eigenvalue weighted by Crippen LogP contribution is -2.49. The second kappa shape index (κ2) is 16.0. The third kappa shape index (κ3) is 8.78. The van der Waals surface area contributed by atoms with Gasteiger partial charge in [-0.2, -0.15) is 0 Å². The average Bonchev–Trinajstić information content (AvgIpc) is 3.59. The number of rotatable bonds is 9. The second-order valence-electron chi connectivity index (χ2n) is 9.40. The monoisotopic (exact) mass is 667 g/mol. The Labute approximate surface area is 268 Å². The molecule has 2 fully saturated rings. The van der Waals surface area contributed by atoms with Crippen LogP contribution in [0.3, 0.4) is 0 Å². The van der Waals surface area contributed by atoms with Crippen LogP contribution in [0, 0.1) is 0 Å². The SMILES string of the molecule is CNC(=O)CN1CCN(c2ccc(OCC3COC(Cn4ccnc4)(c4ccc(Cl)cc4Cl)O3)cc2)CC1.Cl.Cl.Cl. The maximum atomic E-state index is 11.6. The van der Waals surface area contributed by atoms with Crippen LogP contribution >= 0.6 is 60.4 Å². The lowest BCUT2D eigenvalue weighted by atomic mass is 10.1. The van der Waals surface area contributed by atoms with Gasteiger partial charge in [-0.3, -0.25) is 9.69 Å². The number of amides is 1. The number of ether oxygens (including phenoxy) is 3. The Hall–Kier alpha value is -1.95. The third-order valence-electron chi connectivity index (χ3n) is 6.81. The molecule has 2 aromatic carbocycles. The number of nitrogens with zero attached hydrogens (tertiary/aromatic N) is 4. The summed E-state index contributed by atoms with van der Waals surface area (Å²) in [6.07, 6.45) is 4.98. The van der Waals surface area contributed by atoms with Crippen LogP contribution in [0.1, 0.15) is 5.56 Å². The highest BCUT2D eigenvalue weighted by Crippen LogP contribution is 2.40. The first-order chi connectivity index (χ1) is 18.4. The Bertz CT molecular complexity index is 1230. The minimum absolute atomic E-state index is 0. The first-order valence-electron chi connectivity index (χ1n) is 12.6. The minimum atomic E-state index is -1.08. The van der Waals surface area contributed by atoms with Gasteiger partial charge in [-0.25, -0.2) is 4.98 Å². The van der Waals surface area contributed by atoms with E-state index in [2.05, 4.69) is 32.2 Å². The van der Waals surface area contributed by atoms with Gasteiger partial charge in [-0.15, -0.1) is 37.2 Å². The van der Waals surface area contributed by atoms with Gasteiger partial charge in [0.15, 0.2) is 0 Å². The Morgan fingerprint density at radius 3 is 2.46 bits per heavy atom. The lowest BCUT2D eigenvalue weighted by Gasteiger charge is -2.35. The fourth-order valence-corrected chi connectivity index (χ4v) is 5.32. The number of imidazole rings is 1. The lowest BCUT2D eigenvalue weighted by molar-refractivity contribution is -0.189. The summed E-state index contributed by atoms with van der Waals surface area (Å²) in [6, 6.07) is 13.4. The van der Waals surface area contributed by atoms with Crippen LogP contribution in [0.15, 0.2) is 61.2 Å². The summed E-state index contributed by atoms with van der Waals surface area (Å²) >= 11 is 12.7. The van der Waals surface area contributed by atoms with Crippen molar-refractivity contribution in [3.05, 3.63) is 76.8 Å². The first kappa shape index (κ1) is 35.2. The van der Waals surface area contributed by atoms with E-state index >= 15 is 0 Å². The van der Waals surface area contributed by atoms with Gasteiger partial charge in [0.2, 0.25) is 11.7 Å². The number of hydrogen-bond donors (Lipinski definition) is 1. The number of hydrogen-bond acceptors (Lipinski definition) is 7. The Morgan fingerprint density at radius 2 is 1.83 bits per heavy atom. The summed E-state index contributed by atoms with van der Waals surface area (Å²) in [5.41, 5.74) is 1.84. The molecule has 41 heavy (non-hydrogen) atoms. The predicted octanol–water partition coefficient (Wildman–Crippen LogP) is 4.67. The quantitative estimate of drug-likeness (QED) is 0.355. The van der Waals surface area contributed by atoms with Crippen molar-refractivity contribution in [2.75, 3.05) is 57.9 Å². The number of nitrogens with one attached hydrogen (secondary N) is 1. The average molecular weight is 670 g/mol. The summed E-state index contributed by atoms with van der Waals surface area (Å²) < 4.78 is 20.7. The Kier molecular flexibility index (Phi) is 13.8. The molecular weight excluding hydrogens is 636 g/mol. The van der Waals surface area contributed by atoms with E-state index in [1.807, 2.05) is 29.0 Å². The first-order valence-corrected chi connectivity index (χ1v) is 13.3. The molecule has 14 heteroatoms. The maximum absolute atomic E-state index is 11.6. The fraction of sp³-hybridized carbons (Fsp3) is 0.407. The van der Waals surface area contributed by atoms with E-state index < -0.39 is 5.79 Å². The molecule has 2 aliphatic rings. The number of aromatic nitrogens is 2. The van der Waals surface area contributed by atoms with Crippen LogP contribution in [-0.2, 0) is 26.6 Å². The highest BCUT2D eigenvalue weighted by molar-refractivity contribution is 6.35. The summed E-state index contributed by atoms with van der Waals surface area (Å²) in [7, 11) is 1.67. The number of benzene rings is 2. The second-order valence-corrected chi connectivity index (χ2v) is 10.2. The molecular formula is C27H34Cl5N5O4. The summed E-state index contributed by atoms with van der Waals surface area (Å²) in [5, 5.41) is 3.70. The fourth-order valence-electron chi connectivity index (χ4n) is 4.76. The number of piperazine rings is 1. The van der Waals surface area contributed by atoms with E-state index in [1.165, 1.54) is 0 Å². The molecule has 1 N–H and O–H groups in total. The smallest absolute Gasteiger partial charge is 0.233 e. The molecule has 0 bridgehead atoms. The largest absolute Gasteiger partial charge is 0.491 e. The number of carbonyl (C=O) groups excluding carboxylic acids is 1. The van der Waals surface area contributed by atoms with Crippen molar-refractivity contribution in [3.63, 3.8) is 0 Å². The van der Waals surface area contributed by atoms with E-state index in [9.17, 15) is 4.79 Å². The molecule has 2 unspecified atom stereocenters. The van der Waals surface area contributed by atoms with Crippen molar-refractivity contribution in [2.45, 2.75) is 18.4 Å². The van der Waals surface area contributed by atoms with Crippen LogP contribution in [0.25, 0.3) is 0 Å². The highest BCUT2D eigenvalue weighted by atomic mass is 35.5. The van der Waals surface area contributed by atoms with Gasteiger partial charge in [0, 0.05) is 61.9 Å². The molecule has 1 aromatic heterocycles. The zero-order chi connectivity index (χ0) is 26.5. The molecule has 1 amide bonds. The standard InChI is InChI=1S/C27H31Cl2N5O4.3ClH/c1-30-26(35)15-32-10-12-34(13-11-32)21-3-5-22(6-4-21)36-16-23-17-37-27(38-23,18-33-9-8-31-19-33)24-7-2-20(28)14-25(24)29;;;/h2-9,14,19,23H,10-13,15-18H2,1H3,(H,30,35);3*1H. The van der Waals surface area contributed by atoms with E-state index in [1.54, 1.807) is 31.7 Å². The van der Waals surface area contributed by atoms with E-state index in [-0.39, 0.29) is 49.2 Å². The van der Waals surface area contributed by atoms with E-state index in [0.717, 1.165) is 37.6 Å². The molecule has 0 saturated carbocycles. The summed E-state index contributed by atoms with van der Waals surface area (Å²) in [6.45, 7) is 4.95. The van der Waals surface area contributed by atoms with Gasteiger partial charge in [-0.05, 0) is 36.4 Å². The normalized spacial score (nSPS) is 20.4. The Balaban J connectivity index is 0.00000196. The number of halogens is 5. The molecule has 2 aliphatic heterocycles. The molecule has 2 atom stereocenters. The summed E-state index contributed by atoms with van der Waals surface area (Å²) in [5.74, 6) is -0.278. The maximum Gasteiger partial charge on any atom is 0.233 e. The van der Waals surface area contributed by atoms with Crippen LogP contribution in [-0.4, -0.2) is 79.4 Å². The molecule has 0 radical (unpaired) electrons. The van der Waals surface area contributed by atoms with Crippen molar-refractivity contribution in [1.29, 1.82) is 0 Å². The van der Waals surface area contributed by atoms with Gasteiger partial charge in [-0.1, -0.05) is 29.3 Å².